The average molecular weight is 159 g/mol. The van der Waals surface area contributed by atoms with Crippen molar-refractivity contribution < 1.29 is 4.74 Å². The van der Waals surface area contributed by atoms with E-state index in [1.54, 1.807) is 0 Å². The third-order valence-electron chi connectivity index (χ3n) is 1.82. The number of nitrogens with one attached hydrogen (secondary N) is 1. The van der Waals surface area contributed by atoms with Crippen LogP contribution in [-0.2, 0) is 4.74 Å². The lowest BCUT2D eigenvalue weighted by Gasteiger charge is -2.19. The molecule has 0 fully saturated rings. The highest BCUT2D eigenvalue weighted by atomic mass is 16.5. The Morgan fingerprint density at radius 2 is 2.00 bits per heavy atom. The van der Waals surface area contributed by atoms with E-state index in [0.29, 0.717) is 12.0 Å². The first-order valence-corrected chi connectivity index (χ1v) is 4.47. The van der Waals surface area contributed by atoms with Gasteiger partial charge >= 0.3 is 0 Å². The Labute approximate surface area is 70.3 Å². The van der Waals surface area contributed by atoms with Crippen LogP contribution in [0.3, 0.4) is 0 Å². The van der Waals surface area contributed by atoms with Crippen LogP contribution in [0.4, 0.5) is 0 Å². The molecular weight excluding hydrogens is 138 g/mol. The molecule has 0 heterocycles. The highest BCUT2D eigenvalue weighted by molar-refractivity contribution is 4.66. The van der Waals surface area contributed by atoms with Gasteiger partial charge in [-0.1, -0.05) is 20.8 Å². The second kappa shape index (κ2) is 6.62. The molecule has 11 heavy (non-hydrogen) atoms. The maximum atomic E-state index is 5.43. The van der Waals surface area contributed by atoms with Gasteiger partial charge in [-0.15, -0.1) is 0 Å². The fourth-order valence-electron chi connectivity index (χ4n) is 0.964. The fourth-order valence-corrected chi connectivity index (χ4v) is 0.964. The molecule has 68 valence electrons. The van der Waals surface area contributed by atoms with Crippen molar-refractivity contribution >= 4 is 0 Å². The molecule has 1 atom stereocenters. The van der Waals surface area contributed by atoms with Crippen LogP contribution in [0.5, 0.6) is 0 Å². The number of hydrogen-bond acceptors (Lipinski definition) is 2. The van der Waals surface area contributed by atoms with Gasteiger partial charge in [0, 0.05) is 12.6 Å². The van der Waals surface area contributed by atoms with E-state index >= 15 is 0 Å². The van der Waals surface area contributed by atoms with Crippen LogP contribution >= 0.6 is 0 Å². The molecule has 0 aliphatic heterocycles. The zero-order valence-electron chi connectivity index (χ0n) is 8.18. The molecule has 2 heteroatoms. The summed E-state index contributed by atoms with van der Waals surface area (Å²) in [5, 5.41) is 3.24. The Bertz CT molecular complexity index is 83.6. The van der Waals surface area contributed by atoms with Crippen LogP contribution in [0.2, 0.25) is 0 Å². The lowest BCUT2D eigenvalue weighted by atomic mass is 10.1. The monoisotopic (exact) mass is 159 g/mol. The molecule has 0 radical (unpaired) electrons. The summed E-state index contributed by atoms with van der Waals surface area (Å²) in [7, 11) is 1.99. The summed E-state index contributed by atoms with van der Waals surface area (Å²) >= 11 is 0. The van der Waals surface area contributed by atoms with E-state index < -0.39 is 0 Å². The van der Waals surface area contributed by atoms with Crippen molar-refractivity contribution in [3.05, 3.63) is 0 Å². The van der Waals surface area contributed by atoms with E-state index in [9.17, 15) is 0 Å². The molecule has 0 aromatic carbocycles. The molecule has 0 amide bonds. The van der Waals surface area contributed by atoms with Crippen LogP contribution in [0.15, 0.2) is 0 Å². The van der Waals surface area contributed by atoms with Crippen LogP contribution in [0, 0.1) is 5.92 Å². The first kappa shape index (κ1) is 10.9. The maximum absolute atomic E-state index is 5.43. The van der Waals surface area contributed by atoms with Crippen molar-refractivity contribution in [3.63, 3.8) is 0 Å². The highest BCUT2D eigenvalue weighted by Gasteiger charge is 2.09. The average Bonchev–Trinajstić information content (AvgIpc) is 1.97. The zero-order valence-corrected chi connectivity index (χ0v) is 8.18. The minimum atomic E-state index is 0.501. The van der Waals surface area contributed by atoms with Gasteiger partial charge in [0.15, 0.2) is 0 Å². The molecule has 2 nitrogen and oxygen atoms in total. The SMILES string of the molecule is CCCOC[C@H](NC)C(C)C. The van der Waals surface area contributed by atoms with Gasteiger partial charge in [-0.05, 0) is 19.4 Å². The topological polar surface area (TPSA) is 21.3 Å². The van der Waals surface area contributed by atoms with E-state index in [4.69, 9.17) is 4.74 Å². The van der Waals surface area contributed by atoms with Gasteiger partial charge in [-0.25, -0.2) is 0 Å². The van der Waals surface area contributed by atoms with Crippen molar-refractivity contribution in [1.29, 1.82) is 0 Å². The molecule has 0 saturated heterocycles. The van der Waals surface area contributed by atoms with Crippen molar-refractivity contribution in [1.82, 2.24) is 5.32 Å². The number of rotatable bonds is 6. The lowest BCUT2D eigenvalue weighted by molar-refractivity contribution is 0.101. The molecule has 0 rings (SSSR count). The summed E-state index contributed by atoms with van der Waals surface area (Å²) in [6.07, 6.45) is 1.11. The smallest absolute Gasteiger partial charge is 0.0621 e. The predicted molar refractivity (Wildman–Crippen MR) is 48.8 cm³/mol. The largest absolute Gasteiger partial charge is 0.380 e. The van der Waals surface area contributed by atoms with E-state index in [2.05, 4.69) is 26.1 Å². The summed E-state index contributed by atoms with van der Waals surface area (Å²) in [5.41, 5.74) is 0. The second-order valence-corrected chi connectivity index (χ2v) is 3.21. The Morgan fingerprint density at radius 1 is 1.36 bits per heavy atom. The van der Waals surface area contributed by atoms with Gasteiger partial charge in [-0.3, -0.25) is 0 Å². The highest BCUT2D eigenvalue weighted by Crippen LogP contribution is 2.01. The first-order chi connectivity index (χ1) is 5.22. The first-order valence-electron chi connectivity index (χ1n) is 4.47. The standard InChI is InChI=1S/C9H21NO/c1-5-6-11-7-9(10-4)8(2)3/h8-10H,5-7H2,1-4H3/t9-/m0/s1. The quantitative estimate of drug-likeness (QED) is 0.595. The molecule has 0 aromatic rings. The molecular formula is C9H21NO. The summed E-state index contributed by atoms with van der Waals surface area (Å²) < 4.78 is 5.43. The van der Waals surface area contributed by atoms with E-state index in [0.717, 1.165) is 19.6 Å². The third-order valence-corrected chi connectivity index (χ3v) is 1.82. The molecule has 0 spiro atoms. The Morgan fingerprint density at radius 3 is 2.36 bits per heavy atom. The normalized spacial score (nSPS) is 13.9. The molecule has 1 N–H and O–H groups in total. The van der Waals surface area contributed by atoms with Crippen LogP contribution in [0.1, 0.15) is 27.2 Å². The van der Waals surface area contributed by atoms with E-state index in [1.165, 1.54) is 0 Å². The molecule has 0 bridgehead atoms. The van der Waals surface area contributed by atoms with Gasteiger partial charge in [0.25, 0.3) is 0 Å². The molecule has 0 aliphatic rings. The molecule has 0 aliphatic carbocycles. The van der Waals surface area contributed by atoms with Crippen LogP contribution in [-0.4, -0.2) is 26.3 Å². The predicted octanol–water partition coefficient (Wildman–Crippen LogP) is 1.66. The van der Waals surface area contributed by atoms with Crippen molar-refractivity contribution in [2.45, 2.75) is 33.2 Å². The zero-order chi connectivity index (χ0) is 8.69. The van der Waals surface area contributed by atoms with E-state index in [1.807, 2.05) is 7.05 Å². The summed E-state index contributed by atoms with van der Waals surface area (Å²) in [4.78, 5) is 0. The molecule has 0 aromatic heterocycles. The Kier molecular flexibility index (Phi) is 6.57. The number of likely N-dealkylation sites (N-methyl/N-ethyl adjacent to an activating group) is 1. The number of ether oxygens (including phenoxy) is 1. The van der Waals surface area contributed by atoms with Crippen molar-refractivity contribution in [3.8, 4) is 0 Å². The third kappa shape index (κ3) is 5.22. The van der Waals surface area contributed by atoms with Gasteiger partial charge in [-0.2, -0.15) is 0 Å². The minimum absolute atomic E-state index is 0.501. The van der Waals surface area contributed by atoms with Crippen LogP contribution < -0.4 is 5.32 Å². The van der Waals surface area contributed by atoms with Gasteiger partial charge in [0.1, 0.15) is 0 Å². The van der Waals surface area contributed by atoms with Crippen molar-refractivity contribution in [2.75, 3.05) is 20.3 Å². The second-order valence-electron chi connectivity index (χ2n) is 3.21. The summed E-state index contributed by atoms with van der Waals surface area (Å²) in [5.74, 6) is 0.650. The van der Waals surface area contributed by atoms with Crippen molar-refractivity contribution in [2.24, 2.45) is 5.92 Å². The minimum Gasteiger partial charge on any atom is -0.380 e. The van der Waals surface area contributed by atoms with Gasteiger partial charge < -0.3 is 10.1 Å². The van der Waals surface area contributed by atoms with Gasteiger partial charge in [0.2, 0.25) is 0 Å². The Balaban J connectivity index is 3.36. The molecule has 0 unspecified atom stereocenters. The molecule has 0 saturated carbocycles. The summed E-state index contributed by atoms with van der Waals surface area (Å²) in [6, 6.07) is 0.501. The van der Waals surface area contributed by atoms with Gasteiger partial charge in [0.05, 0.1) is 6.61 Å². The van der Waals surface area contributed by atoms with Crippen LogP contribution in [0.25, 0.3) is 0 Å². The van der Waals surface area contributed by atoms with E-state index in [-0.39, 0.29) is 0 Å². The Hall–Kier alpha value is -0.0800. The lowest BCUT2D eigenvalue weighted by Crippen LogP contribution is -2.35. The maximum Gasteiger partial charge on any atom is 0.0621 e. The fraction of sp³-hybridized carbons (Fsp3) is 1.00. The summed E-state index contributed by atoms with van der Waals surface area (Å²) in [6.45, 7) is 8.25. The number of hydrogen-bond donors (Lipinski definition) is 1.